The monoisotopic (exact) mass is 447 g/mol. The highest BCUT2D eigenvalue weighted by Gasteiger charge is 2.30. The summed E-state index contributed by atoms with van der Waals surface area (Å²) in [5, 5.41) is 2.91. The molecular weight excluding hydrogens is 419 g/mol. The van der Waals surface area contributed by atoms with Crippen molar-refractivity contribution in [2.45, 2.75) is 44.9 Å². The highest BCUT2D eigenvalue weighted by atomic mass is 19.4. The minimum Gasteiger partial charge on any atom is -0.371 e. The Balaban J connectivity index is 1.61. The van der Waals surface area contributed by atoms with Crippen LogP contribution in [0.1, 0.15) is 53.0 Å². The minimum absolute atomic E-state index is 0.0340. The maximum Gasteiger partial charge on any atom is 0.416 e. The van der Waals surface area contributed by atoms with E-state index in [9.17, 15) is 22.8 Å². The Bertz CT molecular complexity index is 950. The predicted octanol–water partition coefficient (Wildman–Crippen LogP) is 4.58. The molecule has 1 saturated heterocycles. The van der Waals surface area contributed by atoms with Gasteiger partial charge in [-0.05, 0) is 63.1 Å². The summed E-state index contributed by atoms with van der Waals surface area (Å²) in [5.41, 5.74) is 0.945. The molecule has 2 aromatic rings. The lowest BCUT2D eigenvalue weighted by molar-refractivity contribution is -0.137. The van der Waals surface area contributed by atoms with Crippen molar-refractivity contribution in [2.24, 2.45) is 0 Å². The molecule has 1 aliphatic rings. The average Bonchev–Trinajstić information content (AvgIpc) is 2.78. The summed E-state index contributed by atoms with van der Waals surface area (Å²) in [4.78, 5) is 29.2. The van der Waals surface area contributed by atoms with Gasteiger partial charge in [0.2, 0.25) is 0 Å². The first-order valence-corrected chi connectivity index (χ1v) is 10.7. The third-order valence-electron chi connectivity index (χ3n) is 5.87. The van der Waals surface area contributed by atoms with Crippen molar-refractivity contribution in [2.75, 3.05) is 25.0 Å². The van der Waals surface area contributed by atoms with Gasteiger partial charge < -0.3 is 15.1 Å². The fourth-order valence-electron chi connectivity index (χ4n) is 3.70. The van der Waals surface area contributed by atoms with Gasteiger partial charge in [0.15, 0.2) is 0 Å². The third-order valence-corrected chi connectivity index (χ3v) is 5.87. The van der Waals surface area contributed by atoms with Crippen LogP contribution in [0.4, 0.5) is 18.9 Å². The first-order chi connectivity index (χ1) is 15.1. The molecule has 1 aliphatic heterocycles. The van der Waals surface area contributed by atoms with Crippen LogP contribution in [-0.2, 0) is 6.18 Å². The fraction of sp³-hybridized carbons (Fsp3) is 0.417. The molecule has 0 bridgehead atoms. The Morgan fingerprint density at radius 2 is 1.62 bits per heavy atom. The number of carbonyl (C=O) groups excluding carboxylic acids is 2. The number of carbonyl (C=O) groups is 2. The number of nitrogens with one attached hydrogen (secondary N) is 1. The molecule has 2 aromatic carbocycles. The van der Waals surface area contributed by atoms with Gasteiger partial charge in [0.25, 0.3) is 11.8 Å². The van der Waals surface area contributed by atoms with Crippen molar-refractivity contribution in [3.05, 3.63) is 65.2 Å². The Hall–Kier alpha value is -3.03. The lowest BCUT2D eigenvalue weighted by Gasteiger charge is -2.35. The van der Waals surface area contributed by atoms with Crippen molar-refractivity contribution in [3.8, 4) is 0 Å². The Morgan fingerprint density at radius 3 is 2.19 bits per heavy atom. The van der Waals surface area contributed by atoms with E-state index >= 15 is 0 Å². The topological polar surface area (TPSA) is 52.7 Å². The zero-order valence-corrected chi connectivity index (χ0v) is 18.4. The average molecular weight is 448 g/mol. The molecule has 0 spiro atoms. The zero-order valence-electron chi connectivity index (χ0n) is 18.4. The number of nitrogens with zero attached hydrogens (tertiary/aromatic N) is 2. The quantitative estimate of drug-likeness (QED) is 0.730. The first-order valence-electron chi connectivity index (χ1n) is 10.7. The summed E-state index contributed by atoms with van der Waals surface area (Å²) in [5.74, 6) is -0.417. The molecule has 3 rings (SSSR count). The zero-order chi connectivity index (χ0) is 23.5. The summed E-state index contributed by atoms with van der Waals surface area (Å²) < 4.78 is 38.1. The highest BCUT2D eigenvalue weighted by molar-refractivity contribution is 6.00. The number of hydrogen-bond acceptors (Lipinski definition) is 3. The van der Waals surface area contributed by atoms with Gasteiger partial charge in [-0.1, -0.05) is 12.1 Å². The molecule has 1 N–H and O–H groups in total. The smallest absolute Gasteiger partial charge is 0.371 e. The number of benzene rings is 2. The van der Waals surface area contributed by atoms with Crippen molar-refractivity contribution in [1.82, 2.24) is 10.2 Å². The molecule has 5 nitrogen and oxygen atoms in total. The van der Waals surface area contributed by atoms with E-state index < -0.39 is 11.7 Å². The summed E-state index contributed by atoms with van der Waals surface area (Å²) in [7, 11) is 1.78. The van der Waals surface area contributed by atoms with Crippen molar-refractivity contribution in [1.29, 1.82) is 0 Å². The fourth-order valence-corrected chi connectivity index (χ4v) is 3.70. The van der Waals surface area contributed by atoms with E-state index in [-0.39, 0.29) is 29.5 Å². The number of hydrogen-bond donors (Lipinski definition) is 1. The van der Waals surface area contributed by atoms with E-state index in [2.05, 4.69) is 10.2 Å². The van der Waals surface area contributed by atoms with Crippen molar-refractivity contribution in [3.63, 3.8) is 0 Å². The van der Waals surface area contributed by atoms with Gasteiger partial charge in [-0.25, -0.2) is 0 Å². The van der Waals surface area contributed by atoms with Gasteiger partial charge in [0.1, 0.15) is 0 Å². The highest BCUT2D eigenvalue weighted by Crippen LogP contribution is 2.29. The molecular formula is C24H28F3N3O2. The summed E-state index contributed by atoms with van der Waals surface area (Å²) >= 11 is 0. The maximum absolute atomic E-state index is 12.9. The molecule has 0 atom stereocenters. The van der Waals surface area contributed by atoms with Gasteiger partial charge in [-0.15, -0.1) is 0 Å². The molecule has 0 unspecified atom stereocenters. The molecule has 0 aliphatic carbocycles. The van der Waals surface area contributed by atoms with Crippen LogP contribution in [0, 0.1) is 0 Å². The van der Waals surface area contributed by atoms with E-state index in [0.29, 0.717) is 31.5 Å². The second-order valence-electron chi connectivity index (χ2n) is 8.34. The molecule has 0 radical (unpaired) electrons. The van der Waals surface area contributed by atoms with Crippen LogP contribution in [-0.4, -0.2) is 48.9 Å². The van der Waals surface area contributed by atoms with E-state index in [0.717, 1.165) is 17.8 Å². The van der Waals surface area contributed by atoms with Crippen LogP contribution in [0.3, 0.4) is 0 Å². The van der Waals surface area contributed by atoms with E-state index in [4.69, 9.17) is 0 Å². The van der Waals surface area contributed by atoms with Crippen molar-refractivity contribution < 1.29 is 22.8 Å². The molecule has 1 heterocycles. The second-order valence-corrected chi connectivity index (χ2v) is 8.34. The normalized spacial score (nSPS) is 15.0. The maximum atomic E-state index is 12.9. The number of para-hydroxylation sites is 1. The Kier molecular flexibility index (Phi) is 7.11. The van der Waals surface area contributed by atoms with Gasteiger partial charge in [-0.2, -0.15) is 13.2 Å². The molecule has 0 aromatic heterocycles. The number of alkyl halides is 3. The largest absolute Gasteiger partial charge is 0.416 e. The van der Waals surface area contributed by atoms with Gasteiger partial charge in [0, 0.05) is 43.5 Å². The number of amides is 2. The van der Waals surface area contributed by atoms with Crippen LogP contribution < -0.4 is 10.2 Å². The lowest BCUT2D eigenvalue weighted by Crippen LogP contribution is -2.45. The minimum atomic E-state index is -4.43. The molecule has 1 fully saturated rings. The van der Waals surface area contributed by atoms with Gasteiger partial charge in [-0.3, -0.25) is 9.59 Å². The Morgan fingerprint density at radius 1 is 1.03 bits per heavy atom. The van der Waals surface area contributed by atoms with Crippen LogP contribution in [0.15, 0.2) is 48.5 Å². The van der Waals surface area contributed by atoms with Crippen molar-refractivity contribution >= 4 is 17.5 Å². The van der Waals surface area contributed by atoms with E-state index in [1.807, 2.05) is 38.1 Å². The third kappa shape index (κ3) is 5.41. The molecule has 8 heteroatoms. The first kappa shape index (κ1) is 23.6. The second kappa shape index (κ2) is 9.63. The number of piperidine rings is 1. The van der Waals surface area contributed by atoms with Gasteiger partial charge in [0.05, 0.1) is 11.1 Å². The molecule has 2 amide bonds. The van der Waals surface area contributed by atoms with Crippen LogP contribution in [0.5, 0.6) is 0 Å². The van der Waals surface area contributed by atoms with Crippen LogP contribution in [0.25, 0.3) is 0 Å². The Labute approximate surface area is 186 Å². The summed E-state index contributed by atoms with van der Waals surface area (Å²) in [6.07, 6.45) is -3.08. The summed E-state index contributed by atoms with van der Waals surface area (Å²) in [6.45, 7) is 5.25. The standard InChI is InChI=1S/C24H28F3N3O2/c1-16(2)29(3)23(32)20-6-4-5-7-21(20)30-14-12-19(13-15-30)28-22(31)17-8-10-18(11-9-17)24(25,26)27/h4-11,16,19H,12-15H2,1-3H3,(H,28,31). The number of anilines is 1. The van der Waals surface area contributed by atoms with E-state index in [1.54, 1.807) is 11.9 Å². The molecule has 172 valence electrons. The van der Waals surface area contributed by atoms with E-state index in [1.165, 1.54) is 12.1 Å². The summed E-state index contributed by atoms with van der Waals surface area (Å²) in [6, 6.07) is 11.7. The van der Waals surface area contributed by atoms with Crippen LogP contribution >= 0.6 is 0 Å². The molecule has 0 saturated carbocycles. The van der Waals surface area contributed by atoms with Crippen LogP contribution in [0.2, 0.25) is 0 Å². The number of halogens is 3. The lowest BCUT2D eigenvalue weighted by atomic mass is 10.0. The molecule has 32 heavy (non-hydrogen) atoms. The SMILES string of the molecule is CC(C)N(C)C(=O)c1ccccc1N1CCC(NC(=O)c2ccc(C(F)(F)F)cc2)CC1. The van der Waals surface area contributed by atoms with Gasteiger partial charge >= 0.3 is 6.18 Å². The predicted molar refractivity (Wildman–Crippen MR) is 118 cm³/mol. The number of rotatable bonds is 5.